The van der Waals surface area contributed by atoms with Crippen LogP contribution < -0.4 is 16.8 Å². The molecule has 1 aromatic carbocycles. The van der Waals surface area contributed by atoms with E-state index in [9.17, 15) is 9.59 Å². The van der Waals surface area contributed by atoms with Gasteiger partial charge >= 0.3 is 0 Å². The van der Waals surface area contributed by atoms with Crippen LogP contribution >= 0.6 is 0 Å². The number of hydrogen-bond acceptors (Lipinski definition) is 4. The van der Waals surface area contributed by atoms with Gasteiger partial charge in [-0.15, -0.1) is 0 Å². The van der Waals surface area contributed by atoms with Crippen molar-refractivity contribution in [1.82, 2.24) is 0 Å². The summed E-state index contributed by atoms with van der Waals surface area (Å²) in [4.78, 5) is 23.6. The van der Waals surface area contributed by atoms with Crippen LogP contribution in [-0.4, -0.2) is 31.1 Å². The molecule has 0 bridgehead atoms. The molecule has 2 unspecified atom stereocenters. The SMILES string of the molecule is CC1(C(=O)Nc2ccccc2C(N)=O)COCC1N. The molecule has 1 fully saturated rings. The normalized spacial score (nSPS) is 26.1. The molecule has 1 aliphatic rings. The minimum absolute atomic E-state index is 0.263. The number of para-hydroxylation sites is 1. The molecular weight excluding hydrogens is 246 g/mol. The van der Waals surface area contributed by atoms with Gasteiger partial charge in [0.05, 0.1) is 29.9 Å². The maximum atomic E-state index is 12.3. The number of amides is 2. The van der Waals surface area contributed by atoms with Crippen molar-refractivity contribution in [2.75, 3.05) is 18.5 Å². The van der Waals surface area contributed by atoms with Crippen LogP contribution in [0.25, 0.3) is 0 Å². The first-order valence-electron chi connectivity index (χ1n) is 5.99. The number of hydrogen-bond donors (Lipinski definition) is 3. The largest absolute Gasteiger partial charge is 0.379 e. The van der Waals surface area contributed by atoms with Crippen molar-refractivity contribution in [3.05, 3.63) is 29.8 Å². The van der Waals surface area contributed by atoms with Crippen LogP contribution in [0.3, 0.4) is 0 Å². The third-order valence-electron chi connectivity index (χ3n) is 3.48. The molecule has 0 aromatic heterocycles. The van der Waals surface area contributed by atoms with Gasteiger partial charge < -0.3 is 21.5 Å². The van der Waals surface area contributed by atoms with Crippen LogP contribution in [-0.2, 0) is 9.53 Å². The van der Waals surface area contributed by atoms with Gasteiger partial charge in [-0.1, -0.05) is 12.1 Å². The second kappa shape index (κ2) is 4.99. The van der Waals surface area contributed by atoms with E-state index in [2.05, 4.69) is 5.32 Å². The minimum Gasteiger partial charge on any atom is -0.379 e. The summed E-state index contributed by atoms with van der Waals surface area (Å²) in [5.74, 6) is -0.862. The number of primary amides is 1. The Morgan fingerprint density at radius 3 is 2.68 bits per heavy atom. The number of nitrogens with two attached hydrogens (primary N) is 2. The third-order valence-corrected chi connectivity index (χ3v) is 3.48. The van der Waals surface area contributed by atoms with E-state index in [-0.39, 0.29) is 24.1 Å². The molecule has 0 radical (unpaired) electrons. The summed E-state index contributed by atoms with van der Waals surface area (Å²) >= 11 is 0. The molecule has 2 atom stereocenters. The second-order valence-electron chi connectivity index (χ2n) is 4.90. The van der Waals surface area contributed by atoms with Gasteiger partial charge in [0, 0.05) is 6.04 Å². The van der Waals surface area contributed by atoms with Crippen LogP contribution in [0.15, 0.2) is 24.3 Å². The van der Waals surface area contributed by atoms with E-state index in [0.29, 0.717) is 12.3 Å². The quantitative estimate of drug-likeness (QED) is 0.718. The Balaban J connectivity index is 2.22. The van der Waals surface area contributed by atoms with Gasteiger partial charge in [-0.2, -0.15) is 0 Å². The number of carbonyl (C=O) groups is 2. The van der Waals surface area contributed by atoms with Crippen molar-refractivity contribution in [3.63, 3.8) is 0 Å². The summed E-state index contributed by atoms with van der Waals surface area (Å²) in [5, 5.41) is 2.70. The van der Waals surface area contributed by atoms with Crippen molar-refractivity contribution in [2.24, 2.45) is 16.9 Å². The first-order valence-corrected chi connectivity index (χ1v) is 5.99. The summed E-state index contributed by atoms with van der Waals surface area (Å²) in [7, 11) is 0. The minimum atomic E-state index is -0.801. The van der Waals surface area contributed by atoms with Gasteiger partial charge in [-0.25, -0.2) is 0 Å². The van der Waals surface area contributed by atoms with E-state index in [1.165, 1.54) is 0 Å². The standard InChI is InChI=1S/C13H17N3O3/c1-13(7-19-6-10(13)14)12(18)16-9-5-3-2-4-8(9)11(15)17/h2-5,10H,6-7,14H2,1H3,(H2,15,17)(H,16,18). The van der Waals surface area contributed by atoms with Gasteiger partial charge in [0.15, 0.2) is 0 Å². The van der Waals surface area contributed by atoms with E-state index < -0.39 is 11.3 Å². The monoisotopic (exact) mass is 263 g/mol. The molecule has 6 heteroatoms. The number of rotatable bonds is 3. The maximum absolute atomic E-state index is 12.3. The molecule has 2 amide bonds. The van der Waals surface area contributed by atoms with Crippen molar-refractivity contribution < 1.29 is 14.3 Å². The maximum Gasteiger partial charge on any atom is 0.250 e. The first kappa shape index (κ1) is 13.5. The van der Waals surface area contributed by atoms with Gasteiger partial charge in [0.25, 0.3) is 5.91 Å². The molecule has 5 N–H and O–H groups in total. The first-order chi connectivity index (χ1) is 8.95. The summed E-state index contributed by atoms with van der Waals surface area (Å²) in [6, 6.07) is 6.22. The van der Waals surface area contributed by atoms with E-state index in [1.54, 1.807) is 31.2 Å². The summed E-state index contributed by atoms with van der Waals surface area (Å²) in [5.41, 5.74) is 11.0. The fourth-order valence-electron chi connectivity index (χ4n) is 1.99. The lowest BCUT2D eigenvalue weighted by Gasteiger charge is -2.25. The Kier molecular flexibility index (Phi) is 3.55. The predicted molar refractivity (Wildman–Crippen MR) is 70.5 cm³/mol. The van der Waals surface area contributed by atoms with Crippen molar-refractivity contribution in [2.45, 2.75) is 13.0 Å². The molecule has 1 heterocycles. The fourth-order valence-corrected chi connectivity index (χ4v) is 1.99. The Morgan fingerprint density at radius 2 is 2.11 bits per heavy atom. The van der Waals surface area contributed by atoms with Crippen molar-refractivity contribution in [1.29, 1.82) is 0 Å². The summed E-state index contributed by atoms with van der Waals surface area (Å²) < 4.78 is 5.23. The van der Waals surface area contributed by atoms with Crippen LogP contribution in [0.2, 0.25) is 0 Å². The molecule has 6 nitrogen and oxygen atoms in total. The number of benzene rings is 1. The molecule has 102 valence electrons. The second-order valence-corrected chi connectivity index (χ2v) is 4.90. The molecule has 1 aromatic rings. The lowest BCUT2D eigenvalue weighted by atomic mass is 9.84. The Labute approximate surface area is 111 Å². The molecule has 0 aliphatic carbocycles. The van der Waals surface area contributed by atoms with E-state index >= 15 is 0 Å². The lowest BCUT2D eigenvalue weighted by molar-refractivity contribution is -0.125. The Bertz CT molecular complexity index is 518. The number of ether oxygens (including phenoxy) is 1. The Hall–Kier alpha value is -1.92. The average Bonchev–Trinajstić information content (AvgIpc) is 2.71. The predicted octanol–water partition coefficient (Wildman–Crippen LogP) is 0.0878. The molecule has 2 rings (SSSR count). The zero-order chi connectivity index (χ0) is 14.0. The third kappa shape index (κ3) is 2.45. The number of carbonyl (C=O) groups excluding carboxylic acids is 2. The highest BCUT2D eigenvalue weighted by Crippen LogP contribution is 2.29. The fraction of sp³-hybridized carbons (Fsp3) is 0.385. The molecular formula is C13H17N3O3. The highest BCUT2D eigenvalue weighted by molar-refractivity contribution is 6.04. The van der Waals surface area contributed by atoms with Crippen LogP contribution in [0.4, 0.5) is 5.69 Å². The van der Waals surface area contributed by atoms with Gasteiger partial charge in [-0.3, -0.25) is 9.59 Å². The number of nitrogens with one attached hydrogen (secondary N) is 1. The van der Waals surface area contributed by atoms with E-state index in [0.717, 1.165) is 0 Å². The lowest BCUT2D eigenvalue weighted by Crippen LogP contribution is -2.47. The van der Waals surface area contributed by atoms with Crippen molar-refractivity contribution >= 4 is 17.5 Å². The van der Waals surface area contributed by atoms with Crippen LogP contribution in [0.5, 0.6) is 0 Å². The zero-order valence-corrected chi connectivity index (χ0v) is 10.7. The molecule has 19 heavy (non-hydrogen) atoms. The van der Waals surface area contributed by atoms with E-state index in [4.69, 9.17) is 16.2 Å². The molecule has 1 saturated heterocycles. The summed E-state index contributed by atoms with van der Waals surface area (Å²) in [6.07, 6.45) is 0. The van der Waals surface area contributed by atoms with Crippen LogP contribution in [0.1, 0.15) is 17.3 Å². The molecule has 0 spiro atoms. The zero-order valence-electron chi connectivity index (χ0n) is 10.7. The topological polar surface area (TPSA) is 107 Å². The van der Waals surface area contributed by atoms with Gasteiger partial charge in [-0.05, 0) is 19.1 Å². The Morgan fingerprint density at radius 1 is 1.42 bits per heavy atom. The van der Waals surface area contributed by atoms with Crippen molar-refractivity contribution in [3.8, 4) is 0 Å². The smallest absolute Gasteiger partial charge is 0.250 e. The van der Waals surface area contributed by atoms with Gasteiger partial charge in [0.2, 0.25) is 5.91 Å². The van der Waals surface area contributed by atoms with E-state index in [1.807, 2.05) is 0 Å². The average molecular weight is 263 g/mol. The molecule has 1 aliphatic heterocycles. The van der Waals surface area contributed by atoms with Gasteiger partial charge in [0.1, 0.15) is 0 Å². The molecule has 0 saturated carbocycles. The summed E-state index contributed by atoms with van der Waals surface area (Å²) in [6.45, 7) is 2.35. The highest BCUT2D eigenvalue weighted by atomic mass is 16.5. The number of anilines is 1. The van der Waals surface area contributed by atoms with Crippen LogP contribution in [0, 0.1) is 5.41 Å². The highest BCUT2D eigenvalue weighted by Gasteiger charge is 2.44.